The van der Waals surface area contributed by atoms with Gasteiger partial charge in [-0.2, -0.15) is 0 Å². The van der Waals surface area contributed by atoms with Crippen LogP contribution in [0.4, 0.5) is 0 Å². The second kappa shape index (κ2) is 25.2. The van der Waals surface area contributed by atoms with E-state index in [1.807, 2.05) is 0 Å². The summed E-state index contributed by atoms with van der Waals surface area (Å²) in [7, 11) is 0. The summed E-state index contributed by atoms with van der Waals surface area (Å²) in [5.74, 6) is -0.654. The number of hydrogen-bond donors (Lipinski definition) is 1. The number of carboxylic acid groups (broad SMARTS) is 1. The minimum atomic E-state index is -0.654. The monoisotopic (exact) mass is 378 g/mol. The van der Waals surface area contributed by atoms with Gasteiger partial charge >= 0.3 is 5.97 Å². The van der Waals surface area contributed by atoms with Crippen molar-refractivity contribution in [2.45, 2.75) is 135 Å². The summed E-state index contributed by atoms with van der Waals surface area (Å²) < 4.78 is 0. The second-order valence-corrected chi connectivity index (χ2v) is 7.85. The van der Waals surface area contributed by atoms with E-state index in [2.05, 4.69) is 19.1 Å². The van der Waals surface area contributed by atoms with Crippen molar-refractivity contribution in [1.29, 1.82) is 0 Å². The molecule has 0 amide bonds. The van der Waals surface area contributed by atoms with Crippen LogP contribution in [0.3, 0.4) is 0 Å². The molecule has 0 rings (SSSR count). The van der Waals surface area contributed by atoms with Gasteiger partial charge in [0.1, 0.15) is 0 Å². The first-order valence-electron chi connectivity index (χ1n) is 11.6. The van der Waals surface area contributed by atoms with Crippen molar-refractivity contribution in [3.05, 3.63) is 19.6 Å². The van der Waals surface area contributed by atoms with Crippen molar-refractivity contribution in [3.63, 3.8) is 0 Å². The summed E-state index contributed by atoms with van der Waals surface area (Å²) >= 11 is 0. The molecule has 0 bridgehead atoms. The number of allylic oxidation sites excluding steroid dienone is 2. The molecule has 0 saturated carbocycles. The molecular formula is C25H46O2. The molecule has 4 radical (unpaired) electrons. The highest BCUT2D eigenvalue weighted by molar-refractivity contribution is 5.66. The van der Waals surface area contributed by atoms with Crippen LogP contribution < -0.4 is 0 Å². The highest BCUT2D eigenvalue weighted by atomic mass is 16.4. The Morgan fingerprint density at radius 1 is 0.593 bits per heavy atom. The van der Waals surface area contributed by atoms with Crippen LogP contribution in [0.25, 0.3) is 0 Å². The number of carboxylic acids is 1. The zero-order valence-electron chi connectivity index (χ0n) is 18.2. The van der Waals surface area contributed by atoms with Gasteiger partial charge in [-0.1, -0.05) is 109 Å². The van der Waals surface area contributed by atoms with E-state index in [1.54, 1.807) is 0 Å². The first-order chi connectivity index (χ1) is 12.8. The largest absolute Gasteiger partial charge is 0.481 e. The Balaban J connectivity index is 0. The molecule has 158 valence electrons. The molecule has 0 saturated heterocycles. The molecule has 0 aromatic carbocycles. The molecule has 0 aromatic heterocycles. The first kappa shape index (κ1) is 28.4. The van der Waals surface area contributed by atoms with E-state index >= 15 is 0 Å². The fraction of sp³-hybridized carbons (Fsp3) is 0.840. The third kappa shape index (κ3) is 27.5. The van der Waals surface area contributed by atoms with E-state index in [1.165, 1.54) is 109 Å². The highest BCUT2D eigenvalue weighted by Gasteiger charge is 1.97. The van der Waals surface area contributed by atoms with E-state index in [0.717, 1.165) is 12.8 Å². The van der Waals surface area contributed by atoms with Crippen molar-refractivity contribution in [1.82, 2.24) is 0 Å². The molecule has 0 aliphatic heterocycles. The van der Waals surface area contributed by atoms with Gasteiger partial charge in [0, 0.05) is 13.8 Å². The molecule has 0 atom stereocenters. The maximum atomic E-state index is 10.4. The Morgan fingerprint density at radius 3 is 1.30 bits per heavy atom. The smallest absolute Gasteiger partial charge is 0.303 e. The van der Waals surface area contributed by atoms with Gasteiger partial charge in [0.05, 0.1) is 0 Å². The molecule has 2 heteroatoms. The van der Waals surface area contributed by atoms with Gasteiger partial charge in [0.25, 0.3) is 0 Å². The molecule has 0 fully saturated rings. The lowest BCUT2D eigenvalue weighted by molar-refractivity contribution is -0.137. The Hall–Kier alpha value is -0.790. The lowest BCUT2D eigenvalue weighted by Gasteiger charge is -2.02. The van der Waals surface area contributed by atoms with Crippen LogP contribution >= 0.6 is 0 Å². The molecule has 0 unspecified atom stereocenters. The van der Waals surface area contributed by atoms with Crippen LogP contribution in [-0.2, 0) is 4.79 Å². The maximum Gasteiger partial charge on any atom is 0.303 e. The minimum absolute atomic E-state index is 0. The van der Waals surface area contributed by atoms with Gasteiger partial charge in [-0.25, -0.2) is 0 Å². The number of unbranched alkanes of at least 4 members (excludes halogenated alkanes) is 17. The molecular weight excluding hydrogens is 332 g/mol. The molecule has 0 aliphatic rings. The lowest BCUT2D eigenvalue weighted by atomic mass is 10.0. The fourth-order valence-electron chi connectivity index (χ4n) is 3.41. The normalized spacial score (nSPS) is 11.0. The first-order valence-corrected chi connectivity index (χ1v) is 11.6. The molecule has 1 N–H and O–H groups in total. The summed E-state index contributed by atoms with van der Waals surface area (Å²) in [4.78, 5) is 10.4. The lowest BCUT2D eigenvalue weighted by Crippen LogP contribution is -1.93. The van der Waals surface area contributed by atoms with E-state index in [0.29, 0.717) is 6.42 Å². The Bertz CT molecular complexity index is 309. The molecule has 0 aliphatic carbocycles. The fourth-order valence-corrected chi connectivity index (χ4v) is 3.41. The van der Waals surface area contributed by atoms with Gasteiger partial charge in [-0.3, -0.25) is 4.79 Å². The zero-order valence-corrected chi connectivity index (χ0v) is 18.2. The van der Waals surface area contributed by atoms with Gasteiger partial charge in [0.15, 0.2) is 0 Å². The van der Waals surface area contributed by atoms with Crippen LogP contribution in [0.1, 0.15) is 135 Å². The number of rotatable bonds is 21. The predicted octanol–water partition coefficient (Wildman–Crippen LogP) is 8.53. The number of hydrogen-bond acceptors (Lipinski definition) is 1. The van der Waals surface area contributed by atoms with Crippen LogP contribution in [-0.4, -0.2) is 11.1 Å². The Labute approximate surface area is 171 Å². The SMILES string of the molecule is CCCCCCCCC=CCCCCCCCCCCCCCC(=O)O.[C]. The van der Waals surface area contributed by atoms with Crippen molar-refractivity contribution < 1.29 is 9.90 Å². The molecule has 27 heavy (non-hydrogen) atoms. The van der Waals surface area contributed by atoms with Crippen LogP contribution in [0.15, 0.2) is 12.2 Å². The zero-order chi connectivity index (χ0) is 19.1. The standard InChI is InChI=1S/C24H46O2.C/c1-2-3-4-5-6-7-8-9-10-11-12-13-14-15-16-17-18-19-20-21-22-23-24(25)26;/h9-10H,2-8,11-23H2,1H3,(H,25,26);. The molecule has 0 aromatic rings. The van der Waals surface area contributed by atoms with Gasteiger partial charge in [-0.05, 0) is 32.1 Å². The highest BCUT2D eigenvalue weighted by Crippen LogP contribution is 2.13. The summed E-state index contributed by atoms with van der Waals surface area (Å²) in [5.41, 5.74) is 0. The van der Waals surface area contributed by atoms with Crippen LogP contribution in [0, 0.1) is 7.43 Å². The summed E-state index contributed by atoms with van der Waals surface area (Å²) in [6.07, 6.45) is 30.1. The maximum absolute atomic E-state index is 10.4. The molecule has 0 heterocycles. The molecule has 2 nitrogen and oxygen atoms in total. The predicted molar refractivity (Wildman–Crippen MR) is 118 cm³/mol. The van der Waals surface area contributed by atoms with Crippen LogP contribution in [0.5, 0.6) is 0 Å². The van der Waals surface area contributed by atoms with E-state index in [-0.39, 0.29) is 7.43 Å². The third-order valence-electron chi connectivity index (χ3n) is 5.15. The average Bonchev–Trinajstić information content (AvgIpc) is 2.62. The topological polar surface area (TPSA) is 37.3 Å². The van der Waals surface area contributed by atoms with E-state index < -0.39 is 5.97 Å². The van der Waals surface area contributed by atoms with Crippen molar-refractivity contribution in [2.75, 3.05) is 0 Å². The Kier molecular flexibility index (Phi) is 26.5. The van der Waals surface area contributed by atoms with E-state index in [4.69, 9.17) is 5.11 Å². The van der Waals surface area contributed by atoms with Crippen molar-refractivity contribution >= 4 is 5.97 Å². The number of carbonyl (C=O) groups is 1. The van der Waals surface area contributed by atoms with E-state index in [9.17, 15) is 4.79 Å². The van der Waals surface area contributed by atoms with Gasteiger partial charge < -0.3 is 5.11 Å². The quantitative estimate of drug-likeness (QED) is 0.160. The minimum Gasteiger partial charge on any atom is -0.481 e. The molecule has 0 spiro atoms. The van der Waals surface area contributed by atoms with Gasteiger partial charge in [0.2, 0.25) is 0 Å². The number of aliphatic carboxylic acids is 1. The van der Waals surface area contributed by atoms with Crippen molar-refractivity contribution in [2.24, 2.45) is 0 Å². The Morgan fingerprint density at radius 2 is 0.926 bits per heavy atom. The average molecular weight is 379 g/mol. The van der Waals surface area contributed by atoms with Crippen LogP contribution in [0.2, 0.25) is 0 Å². The second-order valence-electron chi connectivity index (χ2n) is 7.85. The summed E-state index contributed by atoms with van der Waals surface area (Å²) in [6, 6.07) is 0. The third-order valence-corrected chi connectivity index (χ3v) is 5.15. The summed E-state index contributed by atoms with van der Waals surface area (Å²) in [5, 5.41) is 8.57. The van der Waals surface area contributed by atoms with Gasteiger partial charge in [-0.15, -0.1) is 0 Å². The summed E-state index contributed by atoms with van der Waals surface area (Å²) in [6.45, 7) is 2.28. The van der Waals surface area contributed by atoms with Crippen molar-refractivity contribution in [3.8, 4) is 0 Å².